The van der Waals surface area contributed by atoms with E-state index in [-0.39, 0.29) is 5.91 Å². The molecular formula is C18H20ClN3O2. The number of rotatable bonds is 4. The van der Waals surface area contributed by atoms with Crippen LogP contribution in [0.25, 0.3) is 11.0 Å². The highest BCUT2D eigenvalue weighted by Gasteiger charge is 2.22. The summed E-state index contributed by atoms with van der Waals surface area (Å²) in [7, 11) is 1.77. The van der Waals surface area contributed by atoms with Crippen molar-refractivity contribution in [3.8, 4) is 0 Å². The van der Waals surface area contributed by atoms with Gasteiger partial charge in [0.2, 0.25) is 0 Å². The number of hydrogen-bond acceptors (Lipinski definition) is 3. The van der Waals surface area contributed by atoms with E-state index in [0.29, 0.717) is 29.5 Å². The molecule has 3 aromatic rings. The first-order valence-electron chi connectivity index (χ1n) is 7.81. The van der Waals surface area contributed by atoms with Crippen LogP contribution in [-0.2, 0) is 6.54 Å². The minimum Gasteiger partial charge on any atom is -0.449 e. The van der Waals surface area contributed by atoms with Crippen molar-refractivity contribution in [3.63, 3.8) is 0 Å². The Bertz CT molecular complexity index is 911. The summed E-state index contributed by atoms with van der Waals surface area (Å²) in [6.45, 7) is 7.06. The van der Waals surface area contributed by atoms with Gasteiger partial charge in [-0.2, -0.15) is 0 Å². The van der Waals surface area contributed by atoms with Gasteiger partial charge in [0.15, 0.2) is 11.3 Å². The molecule has 0 saturated carbocycles. The summed E-state index contributed by atoms with van der Waals surface area (Å²) in [5.41, 5.74) is 2.44. The lowest BCUT2D eigenvalue weighted by Gasteiger charge is -2.17. The van der Waals surface area contributed by atoms with Crippen LogP contribution in [0.3, 0.4) is 0 Å². The van der Waals surface area contributed by atoms with Crippen LogP contribution in [0.15, 0.2) is 28.9 Å². The van der Waals surface area contributed by atoms with Crippen molar-refractivity contribution in [3.05, 3.63) is 52.3 Å². The molecule has 3 rings (SSSR count). The van der Waals surface area contributed by atoms with Crippen LogP contribution in [0.1, 0.15) is 27.5 Å². The van der Waals surface area contributed by atoms with Crippen LogP contribution in [0.4, 0.5) is 0 Å². The predicted molar refractivity (Wildman–Crippen MR) is 94.6 cm³/mol. The van der Waals surface area contributed by atoms with Gasteiger partial charge in [-0.25, -0.2) is 4.98 Å². The third kappa shape index (κ3) is 2.91. The molecule has 0 fully saturated rings. The fourth-order valence-electron chi connectivity index (χ4n) is 2.79. The first-order valence-corrected chi connectivity index (χ1v) is 8.18. The van der Waals surface area contributed by atoms with Crippen molar-refractivity contribution in [2.45, 2.75) is 27.3 Å². The fourth-order valence-corrected chi connectivity index (χ4v) is 3.10. The van der Waals surface area contributed by atoms with Gasteiger partial charge in [-0.15, -0.1) is 0 Å². The van der Waals surface area contributed by atoms with Gasteiger partial charge in [0.25, 0.3) is 5.91 Å². The Hall–Kier alpha value is -2.27. The predicted octanol–water partition coefficient (Wildman–Crippen LogP) is 3.98. The van der Waals surface area contributed by atoms with Crippen LogP contribution in [0.2, 0.25) is 5.02 Å². The van der Waals surface area contributed by atoms with Crippen LogP contribution in [0.5, 0.6) is 0 Å². The van der Waals surface area contributed by atoms with Crippen molar-refractivity contribution < 1.29 is 9.21 Å². The monoisotopic (exact) mass is 345 g/mol. The number of amides is 1. The van der Waals surface area contributed by atoms with Crippen molar-refractivity contribution in [1.82, 2.24) is 14.5 Å². The minimum absolute atomic E-state index is 0.143. The van der Waals surface area contributed by atoms with Gasteiger partial charge in [-0.1, -0.05) is 11.6 Å². The standard InChI is InChI=1S/C18H20ClN3O2/c1-11-9-14-12(2)16(24-17(14)15(19)10-11)18(23)21(4)7-8-22-6-5-20-13(22)3/h5-6,9-10H,7-8H2,1-4H3. The van der Waals surface area contributed by atoms with Gasteiger partial charge in [-0.05, 0) is 38.5 Å². The third-order valence-electron chi connectivity index (χ3n) is 4.28. The Morgan fingerprint density at radius 2 is 2.08 bits per heavy atom. The molecule has 0 radical (unpaired) electrons. The van der Waals surface area contributed by atoms with Crippen LogP contribution in [0, 0.1) is 20.8 Å². The smallest absolute Gasteiger partial charge is 0.289 e. The fraction of sp³-hybridized carbons (Fsp3) is 0.333. The summed E-state index contributed by atoms with van der Waals surface area (Å²) >= 11 is 6.25. The van der Waals surface area contributed by atoms with Gasteiger partial charge >= 0.3 is 0 Å². The molecule has 0 N–H and O–H groups in total. The SMILES string of the molecule is Cc1cc(Cl)c2oc(C(=O)N(C)CCn3ccnc3C)c(C)c2c1. The number of likely N-dealkylation sites (N-methyl/N-ethyl adjacent to an activating group) is 1. The number of benzene rings is 1. The Morgan fingerprint density at radius 3 is 2.75 bits per heavy atom. The second-order valence-corrected chi connectivity index (χ2v) is 6.48. The summed E-state index contributed by atoms with van der Waals surface area (Å²) in [6, 6.07) is 3.83. The minimum atomic E-state index is -0.143. The van der Waals surface area contributed by atoms with Gasteiger partial charge < -0.3 is 13.9 Å². The Balaban J connectivity index is 1.84. The molecule has 0 spiro atoms. The zero-order chi connectivity index (χ0) is 17.4. The van der Waals surface area contributed by atoms with Gasteiger partial charge in [0.05, 0.1) is 5.02 Å². The topological polar surface area (TPSA) is 51.3 Å². The summed E-state index contributed by atoms with van der Waals surface area (Å²) in [5, 5.41) is 1.42. The third-order valence-corrected chi connectivity index (χ3v) is 4.56. The van der Waals surface area contributed by atoms with E-state index in [2.05, 4.69) is 4.98 Å². The molecule has 126 valence electrons. The van der Waals surface area contributed by atoms with E-state index in [4.69, 9.17) is 16.0 Å². The largest absolute Gasteiger partial charge is 0.449 e. The van der Waals surface area contributed by atoms with E-state index < -0.39 is 0 Å². The Morgan fingerprint density at radius 1 is 1.33 bits per heavy atom. The normalized spacial score (nSPS) is 11.2. The maximum Gasteiger partial charge on any atom is 0.289 e. The molecule has 0 unspecified atom stereocenters. The Kier molecular flexibility index (Phi) is 4.37. The number of carbonyl (C=O) groups is 1. The molecule has 0 aliphatic rings. The first-order chi connectivity index (χ1) is 11.4. The van der Waals surface area contributed by atoms with Crippen molar-refractivity contribution in [2.24, 2.45) is 0 Å². The van der Waals surface area contributed by atoms with Gasteiger partial charge in [0.1, 0.15) is 5.82 Å². The maximum atomic E-state index is 12.7. The van der Waals surface area contributed by atoms with Crippen molar-refractivity contribution in [2.75, 3.05) is 13.6 Å². The highest BCUT2D eigenvalue weighted by atomic mass is 35.5. The molecule has 1 amide bonds. The van der Waals surface area contributed by atoms with Gasteiger partial charge in [-0.3, -0.25) is 4.79 Å². The number of furan rings is 1. The Labute approximate surface area is 145 Å². The summed E-state index contributed by atoms with van der Waals surface area (Å²) < 4.78 is 7.80. The first kappa shape index (κ1) is 16.6. The highest BCUT2D eigenvalue weighted by Crippen LogP contribution is 2.32. The molecule has 6 heteroatoms. The van der Waals surface area contributed by atoms with Crippen LogP contribution < -0.4 is 0 Å². The van der Waals surface area contributed by atoms with E-state index in [0.717, 1.165) is 22.3 Å². The average Bonchev–Trinajstić information content (AvgIpc) is 3.09. The average molecular weight is 346 g/mol. The summed E-state index contributed by atoms with van der Waals surface area (Å²) in [4.78, 5) is 18.6. The zero-order valence-electron chi connectivity index (χ0n) is 14.3. The van der Waals surface area contributed by atoms with Crippen LogP contribution >= 0.6 is 11.6 Å². The number of fused-ring (bicyclic) bond motifs is 1. The number of halogens is 1. The van der Waals surface area contributed by atoms with Crippen molar-refractivity contribution >= 4 is 28.5 Å². The number of carbonyl (C=O) groups excluding carboxylic acids is 1. The molecular weight excluding hydrogens is 326 g/mol. The molecule has 5 nitrogen and oxygen atoms in total. The lowest BCUT2D eigenvalue weighted by molar-refractivity contribution is 0.0760. The molecule has 1 aromatic carbocycles. The van der Waals surface area contributed by atoms with E-state index in [1.807, 2.05) is 43.7 Å². The van der Waals surface area contributed by atoms with Crippen LogP contribution in [-0.4, -0.2) is 34.0 Å². The molecule has 0 saturated heterocycles. The van der Waals surface area contributed by atoms with Gasteiger partial charge in [0, 0.05) is 43.5 Å². The van der Waals surface area contributed by atoms with E-state index >= 15 is 0 Å². The van der Waals surface area contributed by atoms with Crippen molar-refractivity contribution in [1.29, 1.82) is 0 Å². The number of aromatic nitrogens is 2. The highest BCUT2D eigenvalue weighted by molar-refractivity contribution is 6.35. The summed E-state index contributed by atoms with van der Waals surface area (Å²) in [5.74, 6) is 1.13. The molecule has 2 aromatic heterocycles. The van der Waals surface area contributed by atoms with E-state index in [9.17, 15) is 4.79 Å². The second-order valence-electron chi connectivity index (χ2n) is 6.07. The summed E-state index contributed by atoms with van der Waals surface area (Å²) in [6.07, 6.45) is 3.66. The molecule has 0 aliphatic carbocycles. The number of hydrogen-bond donors (Lipinski definition) is 0. The lowest BCUT2D eigenvalue weighted by Crippen LogP contribution is -2.30. The molecule has 24 heavy (non-hydrogen) atoms. The number of aryl methyl sites for hydroxylation is 3. The molecule has 0 atom stereocenters. The molecule has 0 bridgehead atoms. The number of imidazole rings is 1. The maximum absolute atomic E-state index is 12.7. The number of nitrogens with zero attached hydrogens (tertiary/aromatic N) is 3. The zero-order valence-corrected chi connectivity index (χ0v) is 15.0. The second kappa shape index (κ2) is 6.32. The van der Waals surface area contributed by atoms with E-state index in [1.165, 1.54) is 0 Å². The van der Waals surface area contributed by atoms with E-state index in [1.54, 1.807) is 18.1 Å². The molecule has 2 heterocycles. The lowest BCUT2D eigenvalue weighted by atomic mass is 10.1. The molecule has 0 aliphatic heterocycles. The quantitative estimate of drug-likeness (QED) is 0.718.